The lowest BCUT2D eigenvalue weighted by Crippen LogP contribution is -2.23. The highest BCUT2D eigenvalue weighted by Crippen LogP contribution is 2.30. The third-order valence-corrected chi connectivity index (χ3v) is 3.20. The van der Waals surface area contributed by atoms with Gasteiger partial charge in [0.15, 0.2) is 0 Å². The average molecular weight is 238 g/mol. The van der Waals surface area contributed by atoms with E-state index in [-0.39, 0.29) is 12.1 Å². The number of nitrogens with one attached hydrogen (secondary N) is 1. The lowest BCUT2D eigenvalue weighted by atomic mass is 10.2. The van der Waals surface area contributed by atoms with Crippen molar-refractivity contribution < 1.29 is 21.6 Å². The van der Waals surface area contributed by atoms with Gasteiger partial charge in [-0.05, 0) is 17.7 Å². The molecule has 0 saturated heterocycles. The largest absolute Gasteiger partial charge is 0.501 e. The van der Waals surface area contributed by atoms with Crippen molar-refractivity contribution >= 4 is 9.84 Å². The summed E-state index contributed by atoms with van der Waals surface area (Å²) in [5, 5.41) is 0. The lowest BCUT2D eigenvalue weighted by Gasteiger charge is -2.08. The fourth-order valence-electron chi connectivity index (χ4n) is 0.956. The SMILES string of the molecule is [NH]Cc1cccc(S(=O)(=O)C(F)(F)F)c1. The fourth-order valence-corrected chi connectivity index (χ4v) is 1.79. The number of hydrogen-bond donors (Lipinski definition) is 0. The zero-order valence-electron chi connectivity index (χ0n) is 7.38. The topological polar surface area (TPSA) is 57.9 Å². The van der Waals surface area contributed by atoms with Crippen molar-refractivity contribution in [1.29, 1.82) is 0 Å². The predicted octanol–water partition coefficient (Wildman–Crippen LogP) is 1.76. The van der Waals surface area contributed by atoms with Crippen molar-refractivity contribution in [3.05, 3.63) is 29.8 Å². The van der Waals surface area contributed by atoms with Crippen LogP contribution in [-0.2, 0) is 16.4 Å². The van der Waals surface area contributed by atoms with Crippen molar-refractivity contribution in [1.82, 2.24) is 5.73 Å². The van der Waals surface area contributed by atoms with Crippen LogP contribution >= 0.6 is 0 Å². The number of hydrogen-bond acceptors (Lipinski definition) is 2. The summed E-state index contributed by atoms with van der Waals surface area (Å²) in [5.41, 5.74) is 1.85. The molecule has 0 atom stereocenters. The van der Waals surface area contributed by atoms with Crippen molar-refractivity contribution in [2.75, 3.05) is 0 Å². The minimum absolute atomic E-state index is 0.223. The van der Waals surface area contributed by atoms with Gasteiger partial charge in [-0.1, -0.05) is 12.1 Å². The van der Waals surface area contributed by atoms with Crippen molar-refractivity contribution in [3.8, 4) is 0 Å². The van der Waals surface area contributed by atoms with Crippen LogP contribution < -0.4 is 5.73 Å². The molecular formula is C8H7F3NO2S. The van der Waals surface area contributed by atoms with Crippen LogP contribution in [0.25, 0.3) is 0 Å². The Hall–Kier alpha value is -1.08. The molecule has 0 aromatic heterocycles. The minimum atomic E-state index is -5.30. The van der Waals surface area contributed by atoms with Crippen LogP contribution in [0.15, 0.2) is 29.2 Å². The highest BCUT2D eigenvalue weighted by Gasteiger charge is 2.46. The maximum absolute atomic E-state index is 12.1. The zero-order chi connectivity index (χ0) is 11.7. The third-order valence-electron chi connectivity index (χ3n) is 1.72. The average Bonchev–Trinajstić information content (AvgIpc) is 2.16. The Bertz CT molecular complexity index is 453. The first-order valence-electron chi connectivity index (χ1n) is 3.84. The van der Waals surface area contributed by atoms with E-state index in [1.54, 1.807) is 0 Å². The fraction of sp³-hybridized carbons (Fsp3) is 0.250. The molecule has 0 aliphatic heterocycles. The Morgan fingerprint density at radius 3 is 2.33 bits per heavy atom. The van der Waals surface area contributed by atoms with E-state index in [4.69, 9.17) is 5.73 Å². The normalized spacial score (nSPS) is 12.8. The van der Waals surface area contributed by atoms with Crippen LogP contribution in [0.2, 0.25) is 0 Å². The van der Waals surface area contributed by atoms with Gasteiger partial charge >= 0.3 is 5.51 Å². The van der Waals surface area contributed by atoms with E-state index >= 15 is 0 Å². The summed E-state index contributed by atoms with van der Waals surface area (Å²) in [6, 6.07) is 4.29. The Morgan fingerprint density at radius 2 is 1.87 bits per heavy atom. The quantitative estimate of drug-likeness (QED) is 0.788. The molecule has 0 spiro atoms. The summed E-state index contributed by atoms with van der Waals surface area (Å²) < 4.78 is 58.2. The molecule has 1 aromatic carbocycles. The molecule has 0 bridgehead atoms. The molecule has 7 heteroatoms. The summed E-state index contributed by atoms with van der Waals surface area (Å²) in [6.07, 6.45) is 0. The van der Waals surface area contributed by atoms with Gasteiger partial charge in [0.25, 0.3) is 9.84 Å². The van der Waals surface area contributed by atoms with E-state index < -0.39 is 20.2 Å². The lowest BCUT2D eigenvalue weighted by molar-refractivity contribution is -0.0436. The molecule has 3 nitrogen and oxygen atoms in total. The van der Waals surface area contributed by atoms with Crippen molar-refractivity contribution in [2.45, 2.75) is 16.9 Å². The first-order chi connectivity index (χ1) is 6.79. The van der Waals surface area contributed by atoms with Crippen LogP contribution in [0.1, 0.15) is 5.56 Å². The third kappa shape index (κ3) is 2.29. The van der Waals surface area contributed by atoms with E-state index in [9.17, 15) is 21.6 Å². The number of sulfone groups is 1. The van der Waals surface area contributed by atoms with Crippen LogP contribution in [0, 0.1) is 0 Å². The first-order valence-corrected chi connectivity index (χ1v) is 5.32. The predicted molar refractivity (Wildman–Crippen MR) is 46.5 cm³/mol. The van der Waals surface area contributed by atoms with Gasteiger partial charge < -0.3 is 0 Å². The van der Waals surface area contributed by atoms with E-state index in [1.165, 1.54) is 12.1 Å². The molecule has 1 radical (unpaired) electrons. The second kappa shape index (κ2) is 3.82. The van der Waals surface area contributed by atoms with Gasteiger partial charge in [-0.2, -0.15) is 13.2 Å². The molecule has 1 rings (SSSR count). The monoisotopic (exact) mass is 238 g/mol. The molecule has 0 amide bonds. The minimum Gasteiger partial charge on any atom is -0.253 e. The highest BCUT2D eigenvalue weighted by atomic mass is 32.2. The van der Waals surface area contributed by atoms with Gasteiger partial charge in [0.2, 0.25) is 0 Å². The molecule has 83 valence electrons. The molecule has 1 N–H and O–H groups in total. The molecule has 0 unspecified atom stereocenters. The van der Waals surface area contributed by atoms with Crippen LogP contribution in [-0.4, -0.2) is 13.9 Å². The molecule has 1 aromatic rings. The van der Waals surface area contributed by atoms with E-state index in [0.717, 1.165) is 12.1 Å². The maximum Gasteiger partial charge on any atom is 0.501 e. The van der Waals surface area contributed by atoms with E-state index in [0.29, 0.717) is 0 Å². The Kier molecular flexibility index (Phi) is 3.05. The number of benzene rings is 1. The Balaban J connectivity index is 3.29. The second-order valence-electron chi connectivity index (χ2n) is 2.77. The Labute approximate surface area is 84.6 Å². The van der Waals surface area contributed by atoms with Gasteiger partial charge in [0.1, 0.15) is 0 Å². The summed E-state index contributed by atoms with van der Waals surface area (Å²) in [4.78, 5) is -0.820. The standard InChI is InChI=1S/C8H7F3NO2S/c9-8(10,11)15(13,14)7-3-1-2-6(4-7)5-12/h1-4,12H,5H2. The maximum atomic E-state index is 12.1. The molecule has 0 aliphatic carbocycles. The summed E-state index contributed by atoms with van der Waals surface area (Å²) in [7, 11) is -5.29. The number of alkyl halides is 3. The van der Waals surface area contributed by atoms with Gasteiger partial charge in [-0.15, -0.1) is 0 Å². The van der Waals surface area contributed by atoms with Gasteiger partial charge in [0.05, 0.1) is 4.90 Å². The highest BCUT2D eigenvalue weighted by molar-refractivity contribution is 7.92. The summed E-state index contributed by atoms with van der Waals surface area (Å²) in [5.74, 6) is 0. The second-order valence-corrected chi connectivity index (χ2v) is 4.71. The van der Waals surface area contributed by atoms with Crippen molar-refractivity contribution in [3.63, 3.8) is 0 Å². The molecular weight excluding hydrogens is 231 g/mol. The van der Waals surface area contributed by atoms with Crippen LogP contribution in [0.3, 0.4) is 0 Å². The first kappa shape index (κ1) is 12.0. The number of halogens is 3. The zero-order valence-corrected chi connectivity index (χ0v) is 8.19. The van der Waals surface area contributed by atoms with E-state index in [1.807, 2.05) is 0 Å². The molecule has 15 heavy (non-hydrogen) atoms. The van der Waals surface area contributed by atoms with Crippen molar-refractivity contribution in [2.24, 2.45) is 0 Å². The molecule has 0 heterocycles. The molecule has 0 aliphatic rings. The molecule has 0 fully saturated rings. The summed E-state index contributed by atoms with van der Waals surface area (Å²) in [6.45, 7) is -0.263. The van der Waals surface area contributed by atoms with Crippen LogP contribution in [0.5, 0.6) is 0 Å². The van der Waals surface area contributed by atoms with Gasteiger partial charge in [0, 0.05) is 6.54 Å². The van der Waals surface area contributed by atoms with Gasteiger partial charge in [-0.3, -0.25) is 5.73 Å². The smallest absolute Gasteiger partial charge is 0.253 e. The van der Waals surface area contributed by atoms with Crippen LogP contribution in [0.4, 0.5) is 13.2 Å². The van der Waals surface area contributed by atoms with Gasteiger partial charge in [-0.25, -0.2) is 8.42 Å². The Morgan fingerprint density at radius 1 is 1.27 bits per heavy atom. The molecule has 0 saturated carbocycles. The number of rotatable bonds is 2. The van der Waals surface area contributed by atoms with E-state index in [2.05, 4.69) is 0 Å². The summed E-state index contributed by atoms with van der Waals surface area (Å²) >= 11 is 0.